The zero-order valence-electron chi connectivity index (χ0n) is 11.4. The van der Waals surface area contributed by atoms with E-state index in [-0.39, 0.29) is 0 Å². The fourth-order valence-electron chi connectivity index (χ4n) is 2.37. The number of anilines is 3. The summed E-state index contributed by atoms with van der Waals surface area (Å²) in [4.78, 5) is 14.8. The van der Waals surface area contributed by atoms with Crippen molar-refractivity contribution >= 4 is 17.8 Å². The lowest BCUT2D eigenvalue weighted by Gasteiger charge is -2.19. The third kappa shape index (κ3) is 2.86. The molecular formula is C12H21N7. The maximum absolute atomic E-state index is 5.41. The van der Waals surface area contributed by atoms with Crippen LogP contribution < -0.4 is 21.5 Å². The molecule has 0 atom stereocenters. The van der Waals surface area contributed by atoms with Crippen molar-refractivity contribution in [2.24, 2.45) is 17.7 Å². The molecule has 104 valence electrons. The quantitative estimate of drug-likeness (QED) is 0.517. The van der Waals surface area contributed by atoms with E-state index < -0.39 is 0 Å². The third-order valence-electron chi connectivity index (χ3n) is 3.71. The minimum absolute atomic E-state index is 0.395. The van der Waals surface area contributed by atoms with Gasteiger partial charge in [0, 0.05) is 20.1 Å². The van der Waals surface area contributed by atoms with Crippen molar-refractivity contribution in [3.8, 4) is 0 Å². The maximum atomic E-state index is 5.41. The number of nitrogens with two attached hydrogens (primary N) is 1. The lowest BCUT2D eigenvalue weighted by atomic mass is 10.1. The van der Waals surface area contributed by atoms with Crippen molar-refractivity contribution in [3.63, 3.8) is 0 Å². The number of nitrogens with one attached hydrogen (secondary N) is 2. The van der Waals surface area contributed by atoms with Crippen LogP contribution in [-0.2, 0) is 0 Å². The molecule has 0 amide bonds. The van der Waals surface area contributed by atoms with Gasteiger partial charge in [0.15, 0.2) is 0 Å². The Bertz CT molecular complexity index is 441. The molecule has 0 aromatic carbocycles. The van der Waals surface area contributed by atoms with Crippen molar-refractivity contribution in [2.75, 3.05) is 29.7 Å². The Morgan fingerprint density at radius 3 is 2.11 bits per heavy atom. The van der Waals surface area contributed by atoms with E-state index in [9.17, 15) is 0 Å². The summed E-state index contributed by atoms with van der Waals surface area (Å²) in [5.74, 6) is 8.62. The molecule has 2 aliphatic carbocycles. The number of hydrogen-bond acceptors (Lipinski definition) is 7. The van der Waals surface area contributed by atoms with Crippen LogP contribution in [-0.4, -0.2) is 35.1 Å². The van der Waals surface area contributed by atoms with Crippen molar-refractivity contribution in [1.82, 2.24) is 15.0 Å². The fraction of sp³-hybridized carbons (Fsp3) is 0.750. The monoisotopic (exact) mass is 263 g/mol. The van der Waals surface area contributed by atoms with Crippen LogP contribution in [0.5, 0.6) is 0 Å². The van der Waals surface area contributed by atoms with Gasteiger partial charge in [0.05, 0.1) is 0 Å². The van der Waals surface area contributed by atoms with E-state index in [0.29, 0.717) is 23.9 Å². The molecule has 0 spiro atoms. The molecule has 1 aromatic rings. The molecule has 2 fully saturated rings. The van der Waals surface area contributed by atoms with Gasteiger partial charge in [-0.05, 0) is 37.5 Å². The molecule has 7 heteroatoms. The van der Waals surface area contributed by atoms with Gasteiger partial charge in [0.2, 0.25) is 17.8 Å². The van der Waals surface area contributed by atoms with E-state index in [1.807, 2.05) is 19.0 Å². The van der Waals surface area contributed by atoms with Crippen molar-refractivity contribution in [2.45, 2.75) is 31.7 Å². The molecular weight excluding hydrogens is 242 g/mol. The Balaban J connectivity index is 1.80. The summed E-state index contributed by atoms with van der Waals surface area (Å²) < 4.78 is 0. The molecule has 1 heterocycles. The van der Waals surface area contributed by atoms with Gasteiger partial charge < -0.3 is 10.2 Å². The van der Waals surface area contributed by atoms with Gasteiger partial charge in [-0.2, -0.15) is 15.0 Å². The van der Waals surface area contributed by atoms with Gasteiger partial charge in [-0.25, -0.2) is 5.84 Å². The van der Waals surface area contributed by atoms with E-state index in [4.69, 9.17) is 5.84 Å². The first-order chi connectivity index (χ1) is 9.17. The largest absolute Gasteiger partial charge is 0.351 e. The van der Waals surface area contributed by atoms with Gasteiger partial charge in [-0.1, -0.05) is 0 Å². The zero-order valence-corrected chi connectivity index (χ0v) is 11.4. The van der Waals surface area contributed by atoms with E-state index in [2.05, 4.69) is 25.7 Å². The minimum atomic E-state index is 0.395. The molecule has 7 nitrogen and oxygen atoms in total. The van der Waals surface area contributed by atoms with Gasteiger partial charge in [0.1, 0.15) is 0 Å². The first-order valence-corrected chi connectivity index (χ1v) is 6.84. The van der Waals surface area contributed by atoms with Crippen molar-refractivity contribution < 1.29 is 0 Å². The third-order valence-corrected chi connectivity index (χ3v) is 3.71. The molecule has 0 bridgehead atoms. The SMILES string of the molecule is CN(C)c1nc(NN)nc(NC(C2CC2)C2CC2)n1. The van der Waals surface area contributed by atoms with Crippen LogP contribution in [0.1, 0.15) is 25.7 Å². The number of hydrogen-bond donors (Lipinski definition) is 3. The molecule has 2 saturated carbocycles. The second-order valence-corrected chi connectivity index (χ2v) is 5.67. The van der Waals surface area contributed by atoms with Crippen LogP contribution in [0.4, 0.5) is 17.8 Å². The highest BCUT2D eigenvalue weighted by atomic mass is 15.4. The van der Waals surface area contributed by atoms with Crippen LogP contribution in [0.25, 0.3) is 0 Å². The van der Waals surface area contributed by atoms with Gasteiger partial charge in [-0.15, -0.1) is 0 Å². The molecule has 2 aliphatic rings. The molecule has 19 heavy (non-hydrogen) atoms. The van der Waals surface area contributed by atoms with Crippen LogP contribution in [0.3, 0.4) is 0 Å². The lowest BCUT2D eigenvalue weighted by Crippen LogP contribution is -2.27. The standard InChI is InChI=1S/C12H21N7/c1-19(2)12-16-10(15-11(17-12)18-13)14-9(7-3-4-7)8-5-6-8/h7-9H,3-6,13H2,1-2H3,(H2,14,15,16,17,18). The number of nitrogens with zero attached hydrogens (tertiary/aromatic N) is 4. The molecule has 0 unspecified atom stereocenters. The molecule has 0 saturated heterocycles. The Morgan fingerprint density at radius 1 is 1.05 bits per heavy atom. The number of nitrogen functional groups attached to an aromatic ring is 1. The summed E-state index contributed by atoms with van der Waals surface area (Å²) in [7, 11) is 3.80. The van der Waals surface area contributed by atoms with Gasteiger partial charge in [-0.3, -0.25) is 5.43 Å². The van der Waals surface area contributed by atoms with Crippen LogP contribution in [0, 0.1) is 11.8 Å². The molecule has 0 aliphatic heterocycles. The topological polar surface area (TPSA) is 92.0 Å². The Kier molecular flexibility index (Phi) is 3.14. The summed E-state index contributed by atoms with van der Waals surface area (Å²) in [6.45, 7) is 0. The van der Waals surface area contributed by atoms with Crippen LogP contribution in [0.2, 0.25) is 0 Å². The van der Waals surface area contributed by atoms with Crippen molar-refractivity contribution in [1.29, 1.82) is 0 Å². The zero-order chi connectivity index (χ0) is 13.4. The predicted molar refractivity (Wildman–Crippen MR) is 74.8 cm³/mol. The van der Waals surface area contributed by atoms with Gasteiger partial charge in [0.25, 0.3) is 0 Å². The minimum Gasteiger partial charge on any atom is -0.351 e. The predicted octanol–water partition coefficient (Wildman–Crippen LogP) is 0.824. The van der Waals surface area contributed by atoms with Gasteiger partial charge >= 0.3 is 0 Å². The molecule has 1 aromatic heterocycles. The lowest BCUT2D eigenvalue weighted by molar-refractivity contribution is 0.563. The van der Waals surface area contributed by atoms with Crippen molar-refractivity contribution in [3.05, 3.63) is 0 Å². The first kappa shape index (κ1) is 12.4. The van der Waals surface area contributed by atoms with Crippen LogP contribution >= 0.6 is 0 Å². The fourth-order valence-corrected chi connectivity index (χ4v) is 2.37. The average Bonchev–Trinajstić information content (AvgIpc) is 3.28. The smallest absolute Gasteiger partial charge is 0.243 e. The maximum Gasteiger partial charge on any atom is 0.243 e. The Hall–Kier alpha value is -1.63. The number of hydrazine groups is 1. The summed E-state index contributed by atoms with van der Waals surface area (Å²) in [6, 6.07) is 0.517. The normalized spacial score (nSPS) is 18.5. The van der Waals surface area contributed by atoms with E-state index >= 15 is 0 Å². The summed E-state index contributed by atoms with van der Waals surface area (Å²) >= 11 is 0. The number of rotatable bonds is 6. The Morgan fingerprint density at radius 2 is 1.63 bits per heavy atom. The van der Waals surface area contributed by atoms with Crippen LogP contribution in [0.15, 0.2) is 0 Å². The Labute approximate surface area is 113 Å². The molecule has 0 radical (unpaired) electrons. The van der Waals surface area contributed by atoms with E-state index in [1.165, 1.54) is 25.7 Å². The summed E-state index contributed by atoms with van der Waals surface area (Å²) in [5.41, 5.74) is 2.50. The first-order valence-electron chi connectivity index (χ1n) is 6.84. The number of aromatic nitrogens is 3. The molecule has 3 rings (SSSR count). The second-order valence-electron chi connectivity index (χ2n) is 5.67. The second kappa shape index (κ2) is 4.80. The highest BCUT2D eigenvalue weighted by Crippen LogP contribution is 2.45. The van der Waals surface area contributed by atoms with E-state index in [0.717, 1.165) is 11.8 Å². The average molecular weight is 263 g/mol. The highest BCUT2D eigenvalue weighted by molar-refractivity contribution is 5.43. The molecule has 4 N–H and O–H groups in total. The summed E-state index contributed by atoms with van der Waals surface area (Å²) in [5, 5.41) is 3.49. The highest BCUT2D eigenvalue weighted by Gasteiger charge is 2.41. The summed E-state index contributed by atoms with van der Waals surface area (Å²) in [6.07, 6.45) is 5.28. The van der Waals surface area contributed by atoms with E-state index in [1.54, 1.807) is 0 Å².